The molecule has 3 unspecified atom stereocenters. The molecule has 3 saturated heterocycles. The minimum Gasteiger partial charge on any atom is -0.490 e. The van der Waals surface area contributed by atoms with E-state index in [9.17, 15) is 35.4 Å². The Morgan fingerprint density at radius 2 is 1.20 bits per heavy atom. The van der Waals surface area contributed by atoms with Gasteiger partial charge in [0.05, 0.1) is 86.4 Å². The van der Waals surface area contributed by atoms with Crippen molar-refractivity contribution in [3.05, 3.63) is 265 Å². The number of anilines is 6. The van der Waals surface area contributed by atoms with E-state index in [2.05, 4.69) is 86.3 Å². The number of aryl methyl sites for hydroxylation is 1. The topological polar surface area (TPSA) is 372 Å². The highest BCUT2D eigenvalue weighted by Crippen LogP contribution is 2.36. The first-order chi connectivity index (χ1) is 63.0. The van der Waals surface area contributed by atoms with Crippen molar-refractivity contribution in [1.82, 2.24) is 77.6 Å². The maximum Gasteiger partial charge on any atom is 0.266 e. The van der Waals surface area contributed by atoms with E-state index < -0.39 is 35.9 Å². The van der Waals surface area contributed by atoms with Crippen molar-refractivity contribution >= 4 is 120 Å². The number of allylic oxidation sites excluding steroid dienone is 2. The molecule has 36 heteroatoms. The number of likely N-dealkylation sites (N-methyl/N-ethyl adjacent to an activating group) is 1. The lowest BCUT2D eigenvalue weighted by atomic mass is 10.0. The Morgan fingerprint density at radius 3 is 1.80 bits per heavy atom. The van der Waals surface area contributed by atoms with Crippen LogP contribution in [0.4, 0.5) is 34.9 Å². The van der Waals surface area contributed by atoms with E-state index in [1.165, 1.54) is 47.9 Å². The number of benzene rings is 4. The zero-order valence-corrected chi connectivity index (χ0v) is 76.8. The van der Waals surface area contributed by atoms with Crippen LogP contribution >= 0.6 is 15.9 Å². The molecule has 0 amide bonds. The number of fused-ring (bicyclic) bond motifs is 3. The molecular weight excluding hydrogens is 1780 g/mol. The van der Waals surface area contributed by atoms with Crippen LogP contribution in [0.25, 0.3) is 50.1 Å². The van der Waals surface area contributed by atoms with E-state index in [1.54, 1.807) is 96.3 Å². The average Bonchev–Trinajstić information content (AvgIpc) is 1.32. The number of hydrogen-bond donors (Lipinski definition) is 5. The number of morpholine rings is 1. The molecule has 13 heterocycles. The van der Waals surface area contributed by atoms with Gasteiger partial charge in [-0.15, -0.1) is 0 Å². The van der Waals surface area contributed by atoms with Gasteiger partial charge in [-0.2, -0.15) is 15.0 Å². The molecule has 5 aliphatic rings. The van der Waals surface area contributed by atoms with Gasteiger partial charge in [0.2, 0.25) is 42.8 Å². The van der Waals surface area contributed by atoms with Crippen LogP contribution in [0, 0.1) is 0 Å². The number of piperidine rings is 2. The van der Waals surface area contributed by atoms with E-state index in [0.717, 1.165) is 137 Å². The fourth-order valence-electron chi connectivity index (χ4n) is 16.9. The van der Waals surface area contributed by atoms with Crippen molar-refractivity contribution in [1.29, 1.82) is 0 Å². The Hall–Kier alpha value is -12.1. The van der Waals surface area contributed by atoms with Gasteiger partial charge in [0.25, 0.3) is 16.7 Å². The van der Waals surface area contributed by atoms with E-state index in [-0.39, 0.29) is 64.6 Å². The number of imidazole rings is 1. The zero-order chi connectivity index (χ0) is 90.2. The van der Waals surface area contributed by atoms with Gasteiger partial charge in [-0.05, 0) is 248 Å². The number of nitrogens with zero attached hydrogens (tertiary/aromatic N) is 14. The predicted molar refractivity (Wildman–Crippen MR) is 504 cm³/mol. The second kappa shape index (κ2) is 40.1. The monoisotopic (exact) mass is 1880 g/mol. The number of rotatable bonds is 27. The molecule has 4 aromatic carbocycles. The molecule has 10 aromatic heterocycles. The highest BCUT2D eigenvalue weighted by atomic mass is 79.9. The molecule has 19 rings (SSSR count). The summed E-state index contributed by atoms with van der Waals surface area (Å²) in [6.45, 7) is 9.04. The molecular formula is C94H102BrN19O13S3. The van der Waals surface area contributed by atoms with E-state index in [0.29, 0.717) is 126 Å². The number of aromatic nitrogens is 12. The Morgan fingerprint density at radius 1 is 0.600 bits per heavy atom. The number of hydrogen-bond acceptors (Lipinski definition) is 27. The molecule has 676 valence electrons. The third-order valence-electron chi connectivity index (χ3n) is 23.9. The van der Waals surface area contributed by atoms with Crippen LogP contribution in [0.5, 0.6) is 11.5 Å². The quantitative estimate of drug-likeness (QED) is 0.0319. The highest BCUT2D eigenvalue weighted by Gasteiger charge is 2.33. The smallest absolute Gasteiger partial charge is 0.266 e. The van der Waals surface area contributed by atoms with Gasteiger partial charge in [-0.25, -0.2) is 40.7 Å². The minimum absolute atomic E-state index is 0.0361. The second-order valence-electron chi connectivity index (χ2n) is 33.4. The molecule has 3 aliphatic heterocycles. The summed E-state index contributed by atoms with van der Waals surface area (Å²) in [5, 5.41) is 17.8. The average molecular weight is 1880 g/mol. The summed E-state index contributed by atoms with van der Waals surface area (Å²) in [5.41, 5.74) is 7.89. The summed E-state index contributed by atoms with van der Waals surface area (Å²) in [4.78, 5) is 78.5. The molecule has 3 atom stereocenters. The Balaban J connectivity index is 0.000000137. The van der Waals surface area contributed by atoms with Crippen molar-refractivity contribution in [2.45, 2.75) is 136 Å². The Kier molecular flexibility index (Phi) is 27.7. The fraction of sp³-hybridized carbons (Fsp3) is 0.340. The summed E-state index contributed by atoms with van der Waals surface area (Å²) < 4.78 is 104. The van der Waals surface area contributed by atoms with Gasteiger partial charge in [-0.3, -0.25) is 32.3 Å². The van der Waals surface area contributed by atoms with E-state index >= 15 is 0 Å². The second-order valence-corrected chi connectivity index (χ2v) is 39.7. The molecule has 5 N–H and O–H groups in total. The Labute approximate surface area is 762 Å². The number of halogens is 1. The lowest BCUT2D eigenvalue weighted by Gasteiger charge is -2.30. The molecule has 14 aromatic rings. The summed E-state index contributed by atoms with van der Waals surface area (Å²) in [7, 11) is -1.02. The molecule has 0 radical (unpaired) electrons. The van der Waals surface area contributed by atoms with Gasteiger partial charge in [-0.1, -0.05) is 48.7 Å². The van der Waals surface area contributed by atoms with Crippen LogP contribution < -0.4 is 52.7 Å². The lowest BCUT2D eigenvalue weighted by Crippen LogP contribution is -2.37. The van der Waals surface area contributed by atoms with Crippen LogP contribution in [0.15, 0.2) is 243 Å². The third kappa shape index (κ3) is 20.5. The largest absolute Gasteiger partial charge is 0.490 e. The molecule has 4 fully saturated rings. The molecule has 0 spiro atoms. The highest BCUT2D eigenvalue weighted by molar-refractivity contribution is 9.10. The normalized spacial score (nSPS) is 16.8. The summed E-state index contributed by atoms with van der Waals surface area (Å²) >= 11 is 3.36. The van der Waals surface area contributed by atoms with Crippen LogP contribution in [0.3, 0.4) is 0 Å². The maximum atomic E-state index is 14.2. The fourth-order valence-corrected chi connectivity index (χ4v) is 22.0. The standard InChI is InChI=1S/C35H35N5O5S.C31H36N8O4S.C28H31BrN6O4S/c1-23-6-5-9-30(23)31-20-25-21-37-35(38-26-10-12-27(13-11-26)45-28-14-17-36-18-15-28)39-32(25)40(33(31)41)22-24-16-19-44-34(24)46(42,43)29-7-3-2-4-8-29;1-37(2)14-16-44(41)27-10-15-42-26(27)20-39-28-21(17-25(30(39)40)29-33-12-13-38(29)3)18-34-31(36-28)35-22-6-8-23(9-7-22)43-24-5-4-11-32-19-24;1-33-13-14-39-25(18-33)19-8-10-21(11-9-19)31-28-30-16-20-15-24(29)27(36)34(26(20)32-28)17-22-5-4-12-35(22)40(37,38)23-6-2-3-7-23/h2-4,7-8,10-13,16,19-21,28,36H,5-6,9,14-15,17-18,22H2,1H3,(H,37,38,39);6-10,12-13,15,17-18,24,32H,4-5,11,14,16,19-20H2,1-3H3,(H,34,35,36);4-5,8-12,15-16,23,25H,2-3,6-7,13-14,17-18H2,1H3,(H,30,31,32). The maximum absolute atomic E-state index is 14.2. The van der Waals surface area contributed by atoms with Gasteiger partial charge < -0.3 is 64.0 Å². The first kappa shape index (κ1) is 89.8. The first-order valence-electron chi connectivity index (χ1n) is 43.6. The molecule has 2 aliphatic carbocycles. The predicted octanol–water partition coefficient (Wildman–Crippen LogP) is 13.7. The van der Waals surface area contributed by atoms with Crippen LogP contribution in [-0.4, -0.2) is 185 Å². The van der Waals surface area contributed by atoms with Crippen LogP contribution in [0.1, 0.15) is 112 Å². The number of nitrogens with one attached hydrogen (secondary N) is 5. The Bertz CT molecular complexity index is 6900. The van der Waals surface area contributed by atoms with Crippen molar-refractivity contribution in [2.75, 3.05) is 95.3 Å². The summed E-state index contributed by atoms with van der Waals surface area (Å²) in [5.74, 6) is 3.98. The van der Waals surface area contributed by atoms with Gasteiger partial charge in [0.1, 0.15) is 52.2 Å². The molecule has 130 heavy (non-hydrogen) atoms. The van der Waals surface area contributed by atoms with Crippen LogP contribution in [0.2, 0.25) is 0 Å². The van der Waals surface area contributed by atoms with Gasteiger partial charge in [0.15, 0.2) is 0 Å². The molecule has 32 nitrogen and oxygen atoms in total. The van der Waals surface area contributed by atoms with Crippen molar-refractivity contribution < 1.29 is 44.1 Å². The SMILES string of the molecule is CC1=C(c2cc3cnc(Nc4ccc(OC5CCNCC5)cc4)nc3n(Cc3ccoc3S(=O)(=O)c3ccccc3)c2=O)CCC1.CN(C)CCS(=O)c1ccoc1Cn1c(=O)c(-c2nccn2C)cc2cnc(Nc3ccc(OC4CCCNC4)cc3)nc21.CN1CCOC(c2ccc(Nc3ncc4cc(Br)c(=O)n(Cc5cccn5S(=O)(=O)C5CCCC5)c4n3)cc2)C1. The number of sulfone groups is 1. The van der Waals surface area contributed by atoms with Gasteiger partial charge in [0, 0.05) is 121 Å². The summed E-state index contributed by atoms with van der Waals surface area (Å²) in [6.07, 6.45) is 23.3. The van der Waals surface area contributed by atoms with E-state index in [1.807, 2.05) is 105 Å². The third-order valence-corrected chi connectivity index (χ3v) is 29.8. The van der Waals surface area contributed by atoms with Crippen molar-refractivity contribution in [2.24, 2.45) is 7.05 Å². The zero-order valence-electron chi connectivity index (χ0n) is 72.7. The minimum atomic E-state index is -3.96. The first-order valence-corrected chi connectivity index (χ1v) is 48.7. The van der Waals surface area contributed by atoms with Crippen molar-refractivity contribution in [3.63, 3.8) is 0 Å². The van der Waals surface area contributed by atoms with Gasteiger partial charge >= 0.3 is 0 Å². The number of pyridine rings is 3. The summed E-state index contributed by atoms with van der Waals surface area (Å²) in [6, 6.07) is 43.4. The van der Waals surface area contributed by atoms with Crippen molar-refractivity contribution in [3.8, 4) is 22.9 Å². The number of ether oxygens (including phenoxy) is 3. The van der Waals surface area contributed by atoms with E-state index in [4.69, 9.17) is 33.0 Å². The van der Waals surface area contributed by atoms with Crippen LogP contribution in [-0.2, 0) is 62.1 Å². The molecule has 0 bridgehead atoms. The number of furan rings is 2. The molecule has 1 saturated carbocycles. The lowest BCUT2D eigenvalue weighted by molar-refractivity contribution is -0.0208.